The molecule has 7 atom stereocenters. The topological polar surface area (TPSA) is 121 Å². The first-order valence-electron chi connectivity index (χ1n) is 10.4. The minimum atomic E-state index is -0.770. The van der Waals surface area contributed by atoms with Crippen molar-refractivity contribution in [2.45, 2.75) is 63.1 Å². The van der Waals surface area contributed by atoms with E-state index in [1.807, 2.05) is 24.8 Å². The number of ether oxygens (including phenoxy) is 2. The van der Waals surface area contributed by atoms with Gasteiger partial charge in [-0.05, 0) is 30.2 Å². The van der Waals surface area contributed by atoms with Crippen LogP contribution in [0.3, 0.4) is 0 Å². The minimum Gasteiger partial charge on any atom is -0.394 e. The number of carbonyl (C=O) groups excluding carboxylic acids is 1. The molecule has 31 heavy (non-hydrogen) atoms. The van der Waals surface area contributed by atoms with Crippen LogP contribution < -0.4 is 5.32 Å². The second-order valence-electron chi connectivity index (χ2n) is 8.03. The largest absolute Gasteiger partial charge is 0.394 e. The monoisotopic (exact) mass is 451 g/mol. The Kier molecular flexibility index (Phi) is 8.13. The summed E-state index contributed by atoms with van der Waals surface area (Å²) in [5, 5.41) is 25.4. The third kappa shape index (κ3) is 5.67. The highest BCUT2D eigenvalue weighted by Gasteiger charge is 2.39. The summed E-state index contributed by atoms with van der Waals surface area (Å²) in [6.07, 6.45) is -0.00711. The van der Waals surface area contributed by atoms with E-state index < -0.39 is 24.5 Å². The average molecular weight is 451 g/mol. The predicted molar refractivity (Wildman–Crippen MR) is 118 cm³/mol. The Morgan fingerprint density at radius 2 is 2.16 bits per heavy atom. The van der Waals surface area contributed by atoms with Crippen LogP contribution in [0.4, 0.5) is 5.69 Å². The summed E-state index contributed by atoms with van der Waals surface area (Å²) in [6, 6.07) is 7.01. The first kappa shape index (κ1) is 23.8. The van der Waals surface area contributed by atoms with Crippen molar-refractivity contribution in [3.8, 4) is 0 Å². The molecule has 0 bridgehead atoms. The zero-order chi connectivity index (χ0) is 22.5. The van der Waals surface area contributed by atoms with Crippen LogP contribution in [-0.2, 0) is 14.3 Å². The maximum Gasteiger partial charge on any atom is 0.252 e. The molecule has 9 nitrogen and oxygen atoms in total. The van der Waals surface area contributed by atoms with Gasteiger partial charge >= 0.3 is 0 Å². The maximum absolute atomic E-state index is 12.6. The Labute approximate surface area is 184 Å². The third-order valence-electron chi connectivity index (χ3n) is 5.51. The van der Waals surface area contributed by atoms with Gasteiger partial charge in [0.2, 0.25) is 0 Å². The highest BCUT2D eigenvalue weighted by molar-refractivity contribution is 7.17. The van der Waals surface area contributed by atoms with Crippen LogP contribution in [0.2, 0.25) is 0 Å². The zero-order valence-electron chi connectivity index (χ0n) is 17.7. The average Bonchev–Trinajstić information content (AvgIpc) is 3.12. The molecule has 0 aliphatic carbocycles. The zero-order valence-corrected chi connectivity index (χ0v) is 18.8. The lowest BCUT2D eigenvalue weighted by atomic mass is 10.0. The van der Waals surface area contributed by atoms with E-state index in [1.165, 1.54) is 0 Å². The van der Waals surface area contributed by atoms with Gasteiger partial charge in [0.25, 0.3) is 5.91 Å². The van der Waals surface area contributed by atoms with E-state index in [0.29, 0.717) is 29.7 Å². The lowest BCUT2D eigenvalue weighted by Gasteiger charge is -2.37. The number of nitrogens with one attached hydrogen (secondary N) is 1. The molecule has 170 valence electrons. The number of nitrogens with zero attached hydrogens (tertiary/aromatic N) is 2. The van der Waals surface area contributed by atoms with Crippen LogP contribution in [0.1, 0.15) is 38.4 Å². The van der Waals surface area contributed by atoms with Crippen LogP contribution in [0.25, 0.3) is 0 Å². The van der Waals surface area contributed by atoms with Crippen molar-refractivity contribution < 1.29 is 24.5 Å². The Morgan fingerprint density at radius 1 is 1.42 bits per heavy atom. The summed E-state index contributed by atoms with van der Waals surface area (Å²) in [6.45, 7) is 3.60. The van der Waals surface area contributed by atoms with Gasteiger partial charge in [-0.3, -0.25) is 4.79 Å². The second-order valence-corrected chi connectivity index (χ2v) is 9.17. The summed E-state index contributed by atoms with van der Waals surface area (Å²) in [4.78, 5) is 25.6. The highest BCUT2D eigenvalue weighted by atomic mass is 31.0. The van der Waals surface area contributed by atoms with Gasteiger partial charge in [0, 0.05) is 18.2 Å². The van der Waals surface area contributed by atoms with Crippen molar-refractivity contribution >= 4 is 20.8 Å². The van der Waals surface area contributed by atoms with Gasteiger partial charge in [-0.2, -0.15) is 0 Å². The van der Waals surface area contributed by atoms with E-state index in [0.717, 1.165) is 0 Å². The molecule has 1 aromatic carbocycles. The molecular formula is C21H30N3O6P. The van der Waals surface area contributed by atoms with Crippen molar-refractivity contribution in [3.63, 3.8) is 0 Å². The van der Waals surface area contributed by atoms with Gasteiger partial charge in [0.1, 0.15) is 24.2 Å². The molecule has 1 saturated heterocycles. The van der Waals surface area contributed by atoms with E-state index in [4.69, 9.17) is 9.47 Å². The quantitative estimate of drug-likeness (QED) is 0.388. The molecule has 0 saturated carbocycles. The van der Waals surface area contributed by atoms with Crippen LogP contribution in [0.15, 0.2) is 41.2 Å². The van der Waals surface area contributed by atoms with Gasteiger partial charge in [0.05, 0.1) is 31.0 Å². The summed E-state index contributed by atoms with van der Waals surface area (Å²) >= 11 is 0. The molecule has 1 aromatic rings. The number of hydrogen-bond donors (Lipinski definition) is 3. The molecule has 2 aliphatic rings. The Morgan fingerprint density at radius 3 is 2.81 bits per heavy atom. The number of benzene rings is 1. The number of hydrogen-bond acceptors (Lipinski definition) is 8. The third-order valence-corrected chi connectivity index (χ3v) is 5.78. The molecule has 0 radical (unpaired) electrons. The number of aliphatic hydroxyl groups excluding tert-OH is 2. The van der Waals surface area contributed by atoms with Crippen molar-refractivity contribution in [2.24, 2.45) is 5.18 Å². The summed E-state index contributed by atoms with van der Waals surface area (Å²) in [5.74, 6) is -0.250. The number of carbonyl (C=O) groups is 1. The molecule has 10 heteroatoms. The molecule has 0 aromatic heterocycles. The van der Waals surface area contributed by atoms with Crippen LogP contribution in [0.5, 0.6) is 0 Å². The number of aliphatic hydroxyl groups is 2. The number of amides is 1. The van der Waals surface area contributed by atoms with Gasteiger partial charge in [0.15, 0.2) is 0 Å². The van der Waals surface area contributed by atoms with Gasteiger partial charge in [-0.15, -0.1) is 14.1 Å². The first-order chi connectivity index (χ1) is 14.8. The Bertz CT molecular complexity index is 820. The molecule has 0 spiro atoms. The fraction of sp³-hybridized carbons (Fsp3) is 0.571. The van der Waals surface area contributed by atoms with E-state index >= 15 is 0 Å². The van der Waals surface area contributed by atoms with E-state index in [9.17, 15) is 19.9 Å². The molecule has 3 rings (SSSR count). The van der Waals surface area contributed by atoms with Crippen LogP contribution in [-0.4, -0.2) is 64.5 Å². The summed E-state index contributed by atoms with van der Waals surface area (Å²) < 4.78 is 11.8. The smallest absolute Gasteiger partial charge is 0.252 e. The molecule has 3 N–H and O–H groups in total. The molecule has 1 fully saturated rings. The predicted octanol–water partition coefficient (Wildman–Crippen LogP) is 1.93. The SMILES string of the molecule is CC(P)CC(OCC1=CN(C2CC(O)C(CO)O2)C(C)NC1=O)c1ccccc1N=O. The summed E-state index contributed by atoms with van der Waals surface area (Å²) in [5.41, 5.74) is 1.63. The van der Waals surface area contributed by atoms with Crippen molar-refractivity contribution in [2.75, 3.05) is 13.2 Å². The van der Waals surface area contributed by atoms with Crippen LogP contribution >= 0.6 is 9.24 Å². The van der Waals surface area contributed by atoms with Gasteiger partial charge < -0.3 is 29.9 Å². The van der Waals surface area contributed by atoms with E-state index in [1.54, 1.807) is 24.4 Å². The van der Waals surface area contributed by atoms with E-state index in [2.05, 4.69) is 19.7 Å². The summed E-state index contributed by atoms with van der Waals surface area (Å²) in [7, 11) is 2.71. The van der Waals surface area contributed by atoms with Crippen molar-refractivity contribution in [1.82, 2.24) is 10.2 Å². The number of rotatable bonds is 9. The molecule has 1 amide bonds. The maximum atomic E-state index is 12.6. The van der Waals surface area contributed by atoms with Gasteiger partial charge in [-0.25, -0.2) is 0 Å². The van der Waals surface area contributed by atoms with Gasteiger partial charge in [-0.1, -0.05) is 25.1 Å². The fourth-order valence-electron chi connectivity index (χ4n) is 3.86. The minimum absolute atomic E-state index is 0.0308. The van der Waals surface area contributed by atoms with Crippen molar-refractivity contribution in [1.29, 1.82) is 0 Å². The standard InChI is InChI=1S/C21H30N3O6P/c1-12(31)7-18(15-5-3-4-6-16(15)23-28)29-11-14-9-24(13(2)22-21(14)27)20-8-17(26)19(10-25)30-20/h3-6,9,12-13,17-20,25-26H,7-8,10-11,31H2,1-2H3,(H,22,27). The normalized spacial score (nSPS) is 28.1. The number of nitroso groups, excluding NO2 is 1. The second kappa shape index (κ2) is 10.6. The molecule has 2 aliphatic heterocycles. The first-order valence-corrected chi connectivity index (χ1v) is 11.0. The van der Waals surface area contributed by atoms with Crippen molar-refractivity contribution in [3.05, 3.63) is 46.5 Å². The Balaban J connectivity index is 1.77. The lowest BCUT2D eigenvalue weighted by molar-refractivity contribution is -0.125. The van der Waals surface area contributed by atoms with Crippen LogP contribution in [0, 0.1) is 4.91 Å². The molecule has 2 heterocycles. The highest BCUT2D eigenvalue weighted by Crippen LogP contribution is 2.33. The van der Waals surface area contributed by atoms with E-state index in [-0.39, 0.29) is 30.9 Å². The lowest BCUT2D eigenvalue weighted by Crippen LogP contribution is -2.52. The Hall–Kier alpha value is -1.90. The molecular weight excluding hydrogens is 421 g/mol. The fourth-order valence-corrected chi connectivity index (χ4v) is 4.11. The molecule has 7 unspecified atom stereocenters.